The second-order valence-electron chi connectivity index (χ2n) is 7.42. The van der Waals surface area contributed by atoms with Crippen molar-refractivity contribution in [2.45, 2.75) is 38.3 Å². The lowest BCUT2D eigenvalue weighted by Crippen LogP contribution is -2.34. The Labute approximate surface area is 158 Å². The van der Waals surface area contributed by atoms with E-state index in [-0.39, 0.29) is 0 Å². The van der Waals surface area contributed by atoms with E-state index >= 15 is 0 Å². The van der Waals surface area contributed by atoms with Crippen molar-refractivity contribution in [3.8, 4) is 0 Å². The molecule has 2 aliphatic rings. The van der Waals surface area contributed by atoms with Gasteiger partial charge >= 0.3 is 0 Å². The molecule has 2 aromatic heterocycles. The molecule has 5 heteroatoms. The highest BCUT2D eigenvalue weighted by atomic mass is 35.5. The molecule has 0 radical (unpaired) electrons. The van der Waals surface area contributed by atoms with Gasteiger partial charge in [0.2, 0.25) is 0 Å². The molecule has 0 amide bonds. The first-order valence-electron chi connectivity index (χ1n) is 9.12. The van der Waals surface area contributed by atoms with Gasteiger partial charge in [0.1, 0.15) is 6.33 Å². The van der Waals surface area contributed by atoms with E-state index in [0.717, 1.165) is 22.7 Å². The molecule has 5 rings (SSSR count). The number of rotatable bonds is 2. The van der Waals surface area contributed by atoms with Crippen LogP contribution in [0, 0.1) is 0 Å². The first kappa shape index (κ1) is 16.0. The molecule has 4 heterocycles. The molecule has 1 saturated heterocycles. The molecule has 2 bridgehead atoms. The van der Waals surface area contributed by atoms with Crippen LogP contribution in [0.4, 0.5) is 0 Å². The Morgan fingerprint density at radius 3 is 2.96 bits per heavy atom. The smallest absolute Gasteiger partial charge is 0.116 e. The van der Waals surface area contributed by atoms with Crippen molar-refractivity contribution in [3.05, 3.63) is 58.8 Å². The second-order valence-corrected chi connectivity index (χ2v) is 7.85. The van der Waals surface area contributed by atoms with Crippen LogP contribution in [-0.4, -0.2) is 32.5 Å². The average Bonchev–Trinajstić information content (AvgIpc) is 3.06. The molecule has 2 aliphatic heterocycles. The van der Waals surface area contributed by atoms with Crippen LogP contribution in [0.1, 0.15) is 42.8 Å². The Kier molecular flexibility index (Phi) is 3.66. The van der Waals surface area contributed by atoms with Gasteiger partial charge in [-0.3, -0.25) is 4.90 Å². The summed E-state index contributed by atoms with van der Waals surface area (Å²) in [5, 5.41) is 2.09. The monoisotopic (exact) mass is 364 g/mol. The highest BCUT2D eigenvalue weighted by molar-refractivity contribution is 6.31. The fourth-order valence-corrected chi connectivity index (χ4v) is 4.88. The summed E-state index contributed by atoms with van der Waals surface area (Å²) in [6, 6.07) is 9.36. The van der Waals surface area contributed by atoms with Crippen molar-refractivity contribution in [2.75, 3.05) is 7.05 Å². The molecule has 2 atom stereocenters. The number of nitrogens with zero attached hydrogens (tertiary/aromatic N) is 4. The van der Waals surface area contributed by atoms with Crippen LogP contribution in [0.25, 0.3) is 22.7 Å². The minimum atomic E-state index is 0.499. The molecule has 132 valence electrons. The quantitative estimate of drug-likeness (QED) is 0.655. The van der Waals surface area contributed by atoms with Gasteiger partial charge in [-0.1, -0.05) is 11.6 Å². The zero-order chi connectivity index (χ0) is 17.8. The van der Waals surface area contributed by atoms with Gasteiger partial charge in [-0.05, 0) is 62.2 Å². The summed E-state index contributed by atoms with van der Waals surface area (Å²) in [4.78, 5) is 11.0. The molecular formula is C21H21ClN4. The molecule has 26 heavy (non-hydrogen) atoms. The predicted octanol–water partition coefficient (Wildman–Crippen LogP) is 4.79. The lowest BCUT2D eigenvalue weighted by Gasteiger charge is -2.32. The first-order chi connectivity index (χ1) is 12.6. The van der Waals surface area contributed by atoms with Crippen molar-refractivity contribution in [1.82, 2.24) is 19.4 Å². The lowest BCUT2D eigenvalue weighted by atomic mass is 9.97. The molecule has 1 fully saturated rings. The fraction of sp³-hybridized carbons (Fsp3) is 0.333. The van der Waals surface area contributed by atoms with Gasteiger partial charge in [-0.15, -0.1) is 0 Å². The number of allylic oxidation sites excluding steroid dienone is 1. The van der Waals surface area contributed by atoms with Crippen LogP contribution in [0.3, 0.4) is 0 Å². The third-order valence-electron chi connectivity index (χ3n) is 6.02. The van der Waals surface area contributed by atoms with Crippen molar-refractivity contribution in [2.24, 2.45) is 0 Å². The van der Waals surface area contributed by atoms with Crippen LogP contribution in [-0.2, 0) is 6.42 Å². The fourth-order valence-electron chi connectivity index (χ4n) is 4.71. The number of hydrogen-bond donors (Lipinski definition) is 0. The van der Waals surface area contributed by atoms with Crippen molar-refractivity contribution in [1.29, 1.82) is 0 Å². The molecule has 4 nitrogen and oxygen atoms in total. The van der Waals surface area contributed by atoms with E-state index in [0.29, 0.717) is 12.1 Å². The molecule has 1 aromatic carbocycles. The number of aromatic nitrogens is 3. The maximum absolute atomic E-state index is 6.35. The van der Waals surface area contributed by atoms with E-state index in [9.17, 15) is 0 Å². The number of likely N-dealkylation sites (N-methyl/N-ethyl adjacent to an activating group) is 1. The number of fused-ring (bicyclic) bond motifs is 6. The number of halogens is 1. The van der Waals surface area contributed by atoms with Gasteiger partial charge < -0.3 is 4.57 Å². The molecular weight excluding hydrogens is 344 g/mol. The van der Waals surface area contributed by atoms with E-state index in [1.165, 1.54) is 35.0 Å². The summed E-state index contributed by atoms with van der Waals surface area (Å²) in [7, 11) is 2.26. The number of benzene rings is 1. The predicted molar refractivity (Wildman–Crippen MR) is 106 cm³/mol. The standard InChI is InChI=1S/C21H21ClN4/c1-13(17-7-8-23-12-24-17)11-26-18-5-3-14(22)9-16(18)21-19-6-4-15(25(19)2)10-20(21)26/h3,5,7-9,11-12,15,19H,4,6,10H2,1-2H3. The van der Waals surface area contributed by atoms with Gasteiger partial charge in [0, 0.05) is 47.0 Å². The van der Waals surface area contributed by atoms with E-state index < -0.39 is 0 Å². The van der Waals surface area contributed by atoms with Gasteiger partial charge in [0.15, 0.2) is 0 Å². The van der Waals surface area contributed by atoms with Gasteiger partial charge in [0.25, 0.3) is 0 Å². The van der Waals surface area contributed by atoms with E-state index in [2.05, 4.69) is 51.7 Å². The zero-order valence-corrected chi connectivity index (χ0v) is 15.7. The summed E-state index contributed by atoms with van der Waals surface area (Å²) in [6.07, 6.45) is 9.20. The molecule has 3 aromatic rings. The maximum atomic E-state index is 6.35. The third kappa shape index (κ3) is 2.32. The Morgan fingerprint density at radius 2 is 2.15 bits per heavy atom. The van der Waals surface area contributed by atoms with E-state index in [1.807, 2.05) is 12.1 Å². The minimum absolute atomic E-state index is 0.499. The van der Waals surface area contributed by atoms with Crippen LogP contribution in [0.15, 0.2) is 36.8 Å². The van der Waals surface area contributed by atoms with E-state index in [1.54, 1.807) is 12.5 Å². The Hall–Kier alpha value is -2.17. The van der Waals surface area contributed by atoms with Crippen molar-refractivity contribution < 1.29 is 0 Å². The van der Waals surface area contributed by atoms with Crippen molar-refractivity contribution in [3.63, 3.8) is 0 Å². The van der Waals surface area contributed by atoms with Gasteiger partial charge in [0.05, 0.1) is 11.2 Å². The van der Waals surface area contributed by atoms with Crippen LogP contribution in [0.5, 0.6) is 0 Å². The molecule has 0 spiro atoms. The lowest BCUT2D eigenvalue weighted by molar-refractivity contribution is 0.223. The summed E-state index contributed by atoms with van der Waals surface area (Å²) in [6.45, 7) is 2.11. The zero-order valence-electron chi connectivity index (χ0n) is 15.0. The largest absolute Gasteiger partial charge is 0.320 e. The number of hydrogen-bond acceptors (Lipinski definition) is 3. The first-order valence-corrected chi connectivity index (χ1v) is 9.50. The summed E-state index contributed by atoms with van der Waals surface area (Å²) in [5.74, 6) is 0. The second kappa shape index (κ2) is 5.93. The Morgan fingerprint density at radius 1 is 1.27 bits per heavy atom. The van der Waals surface area contributed by atoms with Crippen molar-refractivity contribution >= 4 is 34.3 Å². The Balaban J connectivity index is 1.75. The average molecular weight is 365 g/mol. The van der Waals surface area contributed by atoms with Crippen LogP contribution < -0.4 is 0 Å². The molecule has 0 aliphatic carbocycles. The van der Waals surface area contributed by atoms with Gasteiger partial charge in [-0.2, -0.15) is 0 Å². The summed E-state index contributed by atoms with van der Waals surface area (Å²) < 4.78 is 2.37. The highest BCUT2D eigenvalue weighted by Gasteiger charge is 2.40. The molecule has 2 unspecified atom stereocenters. The third-order valence-corrected chi connectivity index (χ3v) is 6.26. The van der Waals surface area contributed by atoms with Crippen LogP contribution >= 0.6 is 11.6 Å². The SMILES string of the molecule is CC(=Cn1c2c(c3cc(Cl)ccc31)C1CCC(C2)N1C)c1ccncn1. The maximum Gasteiger partial charge on any atom is 0.116 e. The summed E-state index contributed by atoms with van der Waals surface area (Å²) >= 11 is 6.35. The molecule has 0 N–H and O–H groups in total. The summed E-state index contributed by atoms with van der Waals surface area (Å²) in [5.41, 5.74) is 6.22. The molecule has 0 saturated carbocycles. The normalized spacial score (nSPS) is 22.8. The Bertz CT molecular complexity index is 1020. The highest BCUT2D eigenvalue weighted by Crippen LogP contribution is 2.47. The minimum Gasteiger partial charge on any atom is -0.320 e. The van der Waals surface area contributed by atoms with E-state index in [4.69, 9.17) is 11.6 Å². The van der Waals surface area contributed by atoms with Gasteiger partial charge in [-0.25, -0.2) is 9.97 Å². The van der Waals surface area contributed by atoms with Crippen LogP contribution in [0.2, 0.25) is 5.02 Å². The topological polar surface area (TPSA) is 34.0 Å².